The number of nitro benzene ring substituents is 1. The Morgan fingerprint density at radius 2 is 1.51 bits per heavy atom. The molecule has 0 saturated heterocycles. The molecule has 2 aromatic rings. The minimum absolute atomic E-state index is 0.00939. The largest absolute Gasteiger partial charge is 0.737 e. The van der Waals surface area contributed by atoms with Gasteiger partial charge in [0.25, 0.3) is 5.69 Å². The number of hydrogen-bond donors (Lipinski definition) is 0. The number of non-ortho nitro benzene ring substituents is 1. The zero-order valence-corrected chi connectivity index (χ0v) is 23.5. The van der Waals surface area contributed by atoms with E-state index >= 15 is 8.63 Å². The molecule has 196 valence electrons. The first-order valence-corrected chi connectivity index (χ1v) is 12.7. The molecule has 0 N–H and O–H groups in total. The first-order valence-electron chi connectivity index (χ1n) is 12.7. The van der Waals surface area contributed by atoms with Gasteiger partial charge >= 0.3 is 6.97 Å². The number of nitro groups is 1. The second-order valence-corrected chi connectivity index (χ2v) is 12.3. The van der Waals surface area contributed by atoms with E-state index in [2.05, 4.69) is 41.5 Å². The fraction of sp³-hybridized carbons (Fsp3) is 0.414. The van der Waals surface area contributed by atoms with E-state index in [9.17, 15) is 10.1 Å². The molecule has 0 bridgehead atoms. The van der Waals surface area contributed by atoms with Gasteiger partial charge in [-0.3, -0.25) is 10.1 Å². The van der Waals surface area contributed by atoms with Crippen LogP contribution in [0.3, 0.4) is 0 Å². The number of fused-ring (bicyclic) bond motifs is 2. The van der Waals surface area contributed by atoms with Crippen LogP contribution in [-0.4, -0.2) is 26.6 Å². The van der Waals surface area contributed by atoms with E-state index in [1.165, 1.54) is 21.1 Å². The maximum atomic E-state index is 16.6. The highest BCUT2D eigenvalue weighted by atomic mass is 19.2. The number of aromatic nitrogens is 1. The van der Waals surface area contributed by atoms with Crippen molar-refractivity contribution in [2.24, 2.45) is 5.41 Å². The van der Waals surface area contributed by atoms with Crippen molar-refractivity contribution in [1.82, 2.24) is 4.48 Å². The van der Waals surface area contributed by atoms with Crippen LogP contribution in [0.1, 0.15) is 83.5 Å². The summed E-state index contributed by atoms with van der Waals surface area (Å²) in [6, 6.07) is 6.25. The van der Waals surface area contributed by atoms with Crippen LogP contribution in [0.5, 0.6) is 0 Å². The normalized spacial score (nSPS) is 17.7. The minimum atomic E-state index is -4.13. The molecule has 0 unspecified atom stereocenters. The zero-order chi connectivity index (χ0) is 27.8. The third-order valence-corrected chi connectivity index (χ3v) is 7.57. The van der Waals surface area contributed by atoms with Gasteiger partial charge < -0.3 is 17.6 Å². The quantitative estimate of drug-likeness (QED) is 0.242. The summed E-state index contributed by atoms with van der Waals surface area (Å²) in [4.78, 5) is 10.6. The number of halogens is 2. The molecule has 0 fully saturated rings. The Hall–Kier alpha value is -3.29. The van der Waals surface area contributed by atoms with Crippen molar-refractivity contribution in [3.05, 3.63) is 85.4 Å². The molecule has 0 aliphatic carbocycles. The maximum Gasteiger partial charge on any atom is 0.737 e. The lowest BCUT2D eigenvalue weighted by Gasteiger charge is -2.33. The molecule has 0 radical (unpaired) electrons. The molecule has 0 amide bonds. The van der Waals surface area contributed by atoms with Crippen LogP contribution in [0.25, 0.3) is 11.6 Å². The predicted octanol–water partition coefficient (Wildman–Crippen LogP) is 7.82. The highest BCUT2D eigenvalue weighted by Crippen LogP contribution is 2.49. The fourth-order valence-electron chi connectivity index (χ4n) is 6.64. The monoisotopic (exact) mass is 507 g/mol. The Bertz CT molecular complexity index is 1460. The fourth-order valence-corrected chi connectivity index (χ4v) is 6.64. The molecule has 8 heteroatoms. The Balaban J connectivity index is 2.09. The van der Waals surface area contributed by atoms with Crippen molar-refractivity contribution in [1.29, 1.82) is 0 Å². The van der Waals surface area contributed by atoms with E-state index in [-0.39, 0.29) is 16.5 Å². The van der Waals surface area contributed by atoms with Gasteiger partial charge in [0, 0.05) is 35.9 Å². The Morgan fingerprint density at radius 1 is 0.946 bits per heavy atom. The topological polar surface area (TPSA) is 51.1 Å². The highest BCUT2D eigenvalue weighted by molar-refractivity contribution is 6.58. The summed E-state index contributed by atoms with van der Waals surface area (Å²) >= 11 is 0. The first-order chi connectivity index (χ1) is 16.9. The molecule has 0 spiro atoms. The Kier molecular flexibility index (Phi) is 6.05. The molecule has 2 aliphatic heterocycles. The van der Waals surface area contributed by atoms with Crippen molar-refractivity contribution in [3.63, 3.8) is 0 Å². The second-order valence-electron chi connectivity index (χ2n) is 12.3. The van der Waals surface area contributed by atoms with E-state index < -0.39 is 11.9 Å². The molecule has 0 atom stereocenters. The van der Waals surface area contributed by atoms with Crippen LogP contribution in [-0.2, 0) is 5.41 Å². The summed E-state index contributed by atoms with van der Waals surface area (Å²) < 4.78 is 35.8. The van der Waals surface area contributed by atoms with Gasteiger partial charge in [-0.2, -0.15) is 0 Å². The van der Waals surface area contributed by atoms with Gasteiger partial charge in [0.1, 0.15) is 5.71 Å². The first kappa shape index (κ1) is 26.8. The van der Waals surface area contributed by atoms with E-state index in [4.69, 9.17) is 0 Å². The molecule has 37 heavy (non-hydrogen) atoms. The van der Waals surface area contributed by atoms with Gasteiger partial charge in [-0.1, -0.05) is 47.6 Å². The smallest absolute Gasteiger partial charge is 0.393 e. The van der Waals surface area contributed by atoms with Crippen molar-refractivity contribution >= 4 is 30.0 Å². The number of rotatable bonds is 3. The van der Waals surface area contributed by atoms with Gasteiger partial charge in [0.05, 0.1) is 10.5 Å². The molecule has 1 aromatic heterocycles. The number of hydrogen-bond acceptors (Lipinski definition) is 2. The zero-order valence-electron chi connectivity index (χ0n) is 23.5. The number of allylic oxidation sites excluding steroid dienone is 4. The average molecular weight is 507 g/mol. The van der Waals surface area contributed by atoms with Gasteiger partial charge in [0.15, 0.2) is 5.70 Å². The van der Waals surface area contributed by atoms with Crippen LogP contribution in [0.2, 0.25) is 0 Å². The van der Waals surface area contributed by atoms with E-state index in [0.717, 1.165) is 33.4 Å². The van der Waals surface area contributed by atoms with Crippen molar-refractivity contribution in [2.45, 2.75) is 74.7 Å². The van der Waals surface area contributed by atoms with E-state index in [1.807, 2.05) is 26.0 Å². The second kappa shape index (κ2) is 8.37. The molecule has 2 aliphatic rings. The summed E-state index contributed by atoms with van der Waals surface area (Å²) in [5, 5.41) is 11.1. The van der Waals surface area contributed by atoms with Crippen LogP contribution in [0, 0.1) is 29.4 Å². The third kappa shape index (κ3) is 4.01. The number of benzene rings is 1. The Morgan fingerprint density at radius 3 is 2.00 bits per heavy atom. The van der Waals surface area contributed by atoms with Gasteiger partial charge in [0.2, 0.25) is 0 Å². The molecule has 3 heterocycles. The molecular weight excluding hydrogens is 471 g/mol. The molecular formula is C29H36BF2N3O2. The van der Waals surface area contributed by atoms with Crippen LogP contribution in [0.15, 0.2) is 47.2 Å². The van der Waals surface area contributed by atoms with Gasteiger partial charge in [-0.15, -0.1) is 0 Å². The van der Waals surface area contributed by atoms with Crippen molar-refractivity contribution < 1.29 is 18.0 Å². The number of nitrogens with zero attached hydrogens (tertiary/aromatic N) is 3. The van der Waals surface area contributed by atoms with Crippen LogP contribution >= 0.6 is 0 Å². The van der Waals surface area contributed by atoms with Gasteiger partial charge in [-0.25, -0.2) is 0 Å². The lowest BCUT2D eigenvalue weighted by molar-refractivity contribution is -0.384. The van der Waals surface area contributed by atoms with Gasteiger partial charge in [-0.05, 0) is 72.2 Å². The predicted molar refractivity (Wildman–Crippen MR) is 148 cm³/mol. The molecule has 0 saturated carbocycles. The summed E-state index contributed by atoms with van der Waals surface area (Å²) in [6.07, 6.45) is 3.74. The highest BCUT2D eigenvalue weighted by Gasteiger charge is 2.57. The summed E-state index contributed by atoms with van der Waals surface area (Å²) in [5.74, 6) is 0. The lowest BCUT2D eigenvalue weighted by atomic mass is 9.81. The summed E-state index contributed by atoms with van der Waals surface area (Å²) in [5.41, 5.74) is 6.71. The standard InChI is InChI=1S/C29H36BF2N3O2/c1-17-24(28(5,6)7)19(3)33-26(17)23(16-13-21-11-14-22(15-12-21)35(36)37)27-18(2)25(29(8,9)10)20(4)34(27)30(33,31)32/h11-16H,1-10H3/b16-13+. The molecule has 5 nitrogen and oxygen atoms in total. The maximum absolute atomic E-state index is 16.6. The van der Waals surface area contributed by atoms with Crippen molar-refractivity contribution in [2.75, 3.05) is 0 Å². The van der Waals surface area contributed by atoms with Crippen LogP contribution in [0.4, 0.5) is 14.3 Å². The third-order valence-electron chi connectivity index (χ3n) is 7.57. The van der Waals surface area contributed by atoms with Crippen LogP contribution < -0.4 is 0 Å². The van der Waals surface area contributed by atoms with Crippen molar-refractivity contribution in [3.8, 4) is 0 Å². The van der Waals surface area contributed by atoms with E-state index in [1.54, 1.807) is 26.0 Å². The average Bonchev–Trinajstić information content (AvgIpc) is 3.18. The summed E-state index contributed by atoms with van der Waals surface area (Å²) in [6.45, 7) is 15.7. The van der Waals surface area contributed by atoms with E-state index in [0.29, 0.717) is 22.8 Å². The Labute approximate surface area is 218 Å². The molecule has 4 rings (SSSR count). The SMILES string of the molecule is CC1=C(C(C)(C)C)C(C)=[N+]2C1=C(/C=C/c1ccc([N+](=O)[O-])cc1)c1c(C)c(C(C)(C)C)c(C)n1[B-]2(F)F. The summed E-state index contributed by atoms with van der Waals surface area (Å²) in [7, 11) is 0. The minimum Gasteiger partial charge on any atom is -0.393 e. The molecule has 1 aromatic carbocycles. The lowest BCUT2D eigenvalue weighted by Crippen LogP contribution is -2.51.